The van der Waals surface area contributed by atoms with Gasteiger partial charge in [-0.2, -0.15) is 4.31 Å². The zero-order chi connectivity index (χ0) is 17.3. The number of sulfonamides is 1. The zero-order valence-electron chi connectivity index (χ0n) is 14.4. The molecule has 0 spiro atoms. The smallest absolute Gasteiger partial charge is 0.257 e. The highest BCUT2D eigenvalue weighted by Gasteiger charge is 2.37. The lowest BCUT2D eigenvalue weighted by atomic mass is 9.91. The van der Waals surface area contributed by atoms with Gasteiger partial charge in [-0.1, -0.05) is 6.42 Å². The first-order valence-corrected chi connectivity index (χ1v) is 10.5. The normalized spacial score (nSPS) is 23.1. The molecule has 1 aliphatic heterocycles. The van der Waals surface area contributed by atoms with E-state index in [4.69, 9.17) is 4.42 Å². The summed E-state index contributed by atoms with van der Waals surface area (Å²) in [5.41, 5.74) is 0.604. The molecule has 1 aromatic rings. The largest absolute Gasteiger partial charge is 0.469 e. The molecule has 1 saturated carbocycles. The second kappa shape index (κ2) is 6.88. The van der Waals surface area contributed by atoms with E-state index in [2.05, 4.69) is 0 Å². The average molecular weight is 354 g/mol. The summed E-state index contributed by atoms with van der Waals surface area (Å²) in [6.07, 6.45) is 8.21. The van der Waals surface area contributed by atoms with E-state index in [9.17, 15) is 13.2 Å². The summed E-state index contributed by atoms with van der Waals surface area (Å²) in [4.78, 5) is 14.5. The van der Waals surface area contributed by atoms with Gasteiger partial charge in [0, 0.05) is 25.2 Å². The zero-order valence-corrected chi connectivity index (χ0v) is 15.2. The SMILES string of the molecule is Cc1occc1C(=O)N1CCC[C@H](N(C2CCC2)S(C)(=O)=O)CC1. The molecule has 7 heteroatoms. The van der Waals surface area contributed by atoms with Crippen molar-refractivity contribution in [2.75, 3.05) is 19.3 Å². The van der Waals surface area contributed by atoms with Crippen LogP contribution in [0.25, 0.3) is 0 Å². The van der Waals surface area contributed by atoms with Crippen LogP contribution in [0.4, 0.5) is 0 Å². The Bertz CT molecular complexity index is 693. The van der Waals surface area contributed by atoms with Crippen LogP contribution in [0.1, 0.15) is 54.6 Å². The molecule has 2 heterocycles. The molecule has 134 valence electrons. The standard InChI is InChI=1S/C17H26N2O4S/c1-13-16(9-12-23-13)17(20)18-10-4-7-15(8-11-18)19(24(2,21)22)14-5-3-6-14/h9,12,14-15H,3-8,10-11H2,1-2H3/t15-/m0/s1. The van der Waals surface area contributed by atoms with E-state index in [-0.39, 0.29) is 18.0 Å². The quantitative estimate of drug-likeness (QED) is 0.832. The number of aryl methyl sites for hydroxylation is 1. The fourth-order valence-electron chi connectivity index (χ4n) is 3.79. The summed E-state index contributed by atoms with van der Waals surface area (Å²) in [5, 5.41) is 0. The maximum Gasteiger partial charge on any atom is 0.257 e. The van der Waals surface area contributed by atoms with E-state index in [1.807, 2.05) is 4.90 Å². The molecule has 0 bridgehead atoms. The number of hydrogen-bond donors (Lipinski definition) is 0. The van der Waals surface area contributed by atoms with Gasteiger partial charge in [0.05, 0.1) is 18.1 Å². The number of carbonyl (C=O) groups excluding carboxylic acids is 1. The predicted molar refractivity (Wildman–Crippen MR) is 91.3 cm³/mol. The minimum absolute atomic E-state index is 0.00791. The van der Waals surface area contributed by atoms with Crippen LogP contribution in [-0.4, -0.2) is 55.0 Å². The van der Waals surface area contributed by atoms with Crippen LogP contribution >= 0.6 is 0 Å². The molecule has 2 fully saturated rings. The van der Waals surface area contributed by atoms with Gasteiger partial charge in [0.2, 0.25) is 10.0 Å². The Morgan fingerprint density at radius 1 is 1.17 bits per heavy atom. The number of furan rings is 1. The van der Waals surface area contributed by atoms with Gasteiger partial charge in [-0.25, -0.2) is 8.42 Å². The van der Waals surface area contributed by atoms with Crippen molar-refractivity contribution in [1.29, 1.82) is 0 Å². The molecule has 1 aliphatic carbocycles. The monoisotopic (exact) mass is 354 g/mol. The van der Waals surface area contributed by atoms with Gasteiger partial charge in [0.25, 0.3) is 5.91 Å². The highest BCUT2D eigenvalue weighted by Crippen LogP contribution is 2.32. The average Bonchev–Trinajstić information content (AvgIpc) is 2.75. The second-order valence-corrected chi connectivity index (χ2v) is 8.83. The molecule has 0 unspecified atom stereocenters. The first-order valence-electron chi connectivity index (χ1n) is 8.70. The number of rotatable bonds is 4. The number of carbonyl (C=O) groups is 1. The third kappa shape index (κ3) is 3.52. The third-order valence-corrected chi connectivity index (χ3v) is 6.61. The first-order chi connectivity index (χ1) is 11.4. The van der Waals surface area contributed by atoms with Gasteiger partial charge >= 0.3 is 0 Å². The predicted octanol–water partition coefficient (Wildman–Crippen LogP) is 2.40. The molecule has 24 heavy (non-hydrogen) atoms. The van der Waals surface area contributed by atoms with E-state index in [0.717, 1.165) is 32.1 Å². The summed E-state index contributed by atoms with van der Waals surface area (Å²) in [7, 11) is -3.21. The van der Waals surface area contributed by atoms with Crippen LogP contribution in [0.2, 0.25) is 0 Å². The fraction of sp³-hybridized carbons (Fsp3) is 0.706. The van der Waals surface area contributed by atoms with Gasteiger partial charge in [0.1, 0.15) is 5.76 Å². The number of likely N-dealkylation sites (tertiary alicyclic amines) is 1. The van der Waals surface area contributed by atoms with Gasteiger partial charge in [0.15, 0.2) is 0 Å². The van der Waals surface area contributed by atoms with Crippen LogP contribution in [0.3, 0.4) is 0 Å². The van der Waals surface area contributed by atoms with Crippen LogP contribution < -0.4 is 0 Å². The molecule has 6 nitrogen and oxygen atoms in total. The van der Waals surface area contributed by atoms with E-state index >= 15 is 0 Å². The Morgan fingerprint density at radius 2 is 1.83 bits per heavy atom. The molecule has 1 aromatic heterocycles. The number of amides is 1. The highest BCUT2D eigenvalue weighted by molar-refractivity contribution is 7.88. The van der Waals surface area contributed by atoms with Crippen LogP contribution in [-0.2, 0) is 10.0 Å². The molecule has 3 rings (SSSR count). The number of hydrogen-bond acceptors (Lipinski definition) is 4. The third-order valence-electron chi connectivity index (χ3n) is 5.25. The summed E-state index contributed by atoms with van der Waals surface area (Å²) >= 11 is 0. The van der Waals surface area contributed by atoms with Crippen LogP contribution in [0, 0.1) is 6.92 Å². The van der Waals surface area contributed by atoms with Gasteiger partial charge in [-0.15, -0.1) is 0 Å². The lowest BCUT2D eigenvalue weighted by Crippen LogP contribution is -2.50. The lowest BCUT2D eigenvalue weighted by Gasteiger charge is -2.40. The summed E-state index contributed by atoms with van der Waals surface area (Å²) in [6.45, 7) is 3.05. The van der Waals surface area contributed by atoms with Crippen molar-refractivity contribution in [1.82, 2.24) is 9.21 Å². The molecule has 0 N–H and O–H groups in total. The summed E-state index contributed by atoms with van der Waals surface area (Å²) < 4.78 is 31.5. The van der Waals surface area contributed by atoms with Crippen LogP contribution in [0.15, 0.2) is 16.7 Å². The summed E-state index contributed by atoms with van der Waals surface area (Å²) in [5.74, 6) is 0.615. The van der Waals surface area contributed by atoms with Crippen molar-refractivity contribution in [3.63, 3.8) is 0 Å². The molecule has 2 aliphatic rings. The van der Waals surface area contributed by atoms with Crippen molar-refractivity contribution in [2.24, 2.45) is 0 Å². The topological polar surface area (TPSA) is 70.8 Å². The lowest BCUT2D eigenvalue weighted by molar-refractivity contribution is 0.0755. The maximum absolute atomic E-state index is 12.6. The van der Waals surface area contributed by atoms with E-state index in [1.54, 1.807) is 17.3 Å². The van der Waals surface area contributed by atoms with E-state index < -0.39 is 10.0 Å². The van der Waals surface area contributed by atoms with Crippen molar-refractivity contribution < 1.29 is 17.6 Å². The van der Waals surface area contributed by atoms with Crippen molar-refractivity contribution in [2.45, 2.75) is 57.5 Å². The van der Waals surface area contributed by atoms with Crippen molar-refractivity contribution in [3.8, 4) is 0 Å². The summed E-state index contributed by atoms with van der Waals surface area (Å²) in [6, 6.07) is 1.87. The van der Waals surface area contributed by atoms with E-state index in [1.165, 1.54) is 12.5 Å². The van der Waals surface area contributed by atoms with Gasteiger partial charge < -0.3 is 9.32 Å². The van der Waals surface area contributed by atoms with E-state index in [0.29, 0.717) is 30.8 Å². The van der Waals surface area contributed by atoms with Gasteiger partial charge in [-0.3, -0.25) is 4.79 Å². The fourth-order valence-corrected chi connectivity index (χ4v) is 5.30. The molecular weight excluding hydrogens is 328 g/mol. The Kier molecular flexibility index (Phi) is 5.01. The minimum Gasteiger partial charge on any atom is -0.469 e. The Balaban J connectivity index is 1.70. The molecule has 0 radical (unpaired) electrons. The van der Waals surface area contributed by atoms with Gasteiger partial charge in [-0.05, 0) is 45.1 Å². The molecule has 1 atom stereocenters. The minimum atomic E-state index is -3.21. The number of nitrogens with zero attached hydrogens (tertiary/aromatic N) is 2. The molecule has 1 amide bonds. The Morgan fingerprint density at radius 3 is 2.38 bits per heavy atom. The Hall–Kier alpha value is -1.34. The Labute approximate surface area is 143 Å². The molecule has 1 saturated heterocycles. The molecule has 0 aromatic carbocycles. The van der Waals surface area contributed by atoms with Crippen LogP contribution in [0.5, 0.6) is 0 Å². The second-order valence-electron chi connectivity index (χ2n) is 6.95. The highest BCUT2D eigenvalue weighted by atomic mass is 32.2. The van der Waals surface area contributed by atoms with Crippen molar-refractivity contribution >= 4 is 15.9 Å². The first kappa shape index (κ1) is 17.5. The van der Waals surface area contributed by atoms with Crippen molar-refractivity contribution in [3.05, 3.63) is 23.7 Å². The maximum atomic E-state index is 12.6. The molecular formula is C17H26N2O4S.